The lowest BCUT2D eigenvalue weighted by Crippen LogP contribution is -2.49. The maximum atomic E-state index is 12.4. The summed E-state index contributed by atoms with van der Waals surface area (Å²) in [5, 5.41) is 8.77. The average Bonchev–Trinajstić information content (AvgIpc) is 2.47. The molecule has 1 N–H and O–H groups in total. The van der Waals surface area contributed by atoms with Crippen LogP contribution in [0.3, 0.4) is 0 Å². The van der Waals surface area contributed by atoms with E-state index >= 15 is 0 Å². The molecule has 1 aromatic heterocycles. The topological polar surface area (TPSA) is 77.0 Å². The van der Waals surface area contributed by atoms with Crippen molar-refractivity contribution in [3.8, 4) is 0 Å². The van der Waals surface area contributed by atoms with E-state index in [1.807, 2.05) is 23.9 Å². The number of carbonyl (C=O) groups excluding carboxylic acids is 1. The van der Waals surface area contributed by atoms with Gasteiger partial charge in [0, 0.05) is 52.0 Å². The zero-order valence-corrected chi connectivity index (χ0v) is 12.3. The van der Waals surface area contributed by atoms with Crippen LogP contribution < -0.4 is 4.90 Å². The van der Waals surface area contributed by atoms with Gasteiger partial charge in [-0.25, -0.2) is 4.98 Å². The van der Waals surface area contributed by atoms with Gasteiger partial charge in [0.05, 0.1) is 6.54 Å². The molecule has 0 unspecified atom stereocenters. The average molecular weight is 292 g/mol. The van der Waals surface area contributed by atoms with E-state index < -0.39 is 5.97 Å². The molecular weight excluding hydrogens is 272 g/mol. The number of pyridine rings is 1. The van der Waals surface area contributed by atoms with Crippen molar-refractivity contribution >= 4 is 17.7 Å². The van der Waals surface area contributed by atoms with Gasteiger partial charge >= 0.3 is 5.97 Å². The van der Waals surface area contributed by atoms with Crippen molar-refractivity contribution in [3.63, 3.8) is 0 Å². The highest BCUT2D eigenvalue weighted by molar-refractivity contribution is 5.95. The molecule has 2 heterocycles. The summed E-state index contributed by atoms with van der Waals surface area (Å²) in [7, 11) is 3.75. The molecule has 1 saturated heterocycles. The number of carboxylic acids is 1. The first-order valence-corrected chi connectivity index (χ1v) is 6.84. The Balaban J connectivity index is 1.98. The zero-order chi connectivity index (χ0) is 15.4. The molecule has 2 rings (SSSR count). The largest absolute Gasteiger partial charge is 0.480 e. The van der Waals surface area contributed by atoms with E-state index in [1.165, 1.54) is 0 Å². The molecule has 1 amide bonds. The quantitative estimate of drug-likeness (QED) is 0.841. The number of hydrogen-bond donors (Lipinski definition) is 1. The summed E-state index contributed by atoms with van der Waals surface area (Å²) < 4.78 is 0. The minimum atomic E-state index is -0.834. The Kier molecular flexibility index (Phi) is 4.74. The fraction of sp³-hybridized carbons (Fsp3) is 0.500. The maximum absolute atomic E-state index is 12.4. The minimum absolute atomic E-state index is 0.0298. The van der Waals surface area contributed by atoms with E-state index in [0.717, 1.165) is 5.82 Å². The smallest absolute Gasteiger partial charge is 0.317 e. The van der Waals surface area contributed by atoms with Crippen molar-refractivity contribution in [2.24, 2.45) is 0 Å². The van der Waals surface area contributed by atoms with Gasteiger partial charge in [0.2, 0.25) is 0 Å². The zero-order valence-electron chi connectivity index (χ0n) is 12.3. The summed E-state index contributed by atoms with van der Waals surface area (Å²) >= 11 is 0. The van der Waals surface area contributed by atoms with Crippen molar-refractivity contribution in [2.45, 2.75) is 0 Å². The van der Waals surface area contributed by atoms with E-state index in [9.17, 15) is 9.59 Å². The molecule has 1 fully saturated rings. The van der Waals surface area contributed by atoms with Crippen LogP contribution in [0.15, 0.2) is 18.3 Å². The first-order chi connectivity index (χ1) is 9.97. The summed E-state index contributed by atoms with van der Waals surface area (Å²) in [6, 6.07) is 3.48. The summed E-state index contributed by atoms with van der Waals surface area (Å²) in [6.45, 7) is 2.30. The minimum Gasteiger partial charge on any atom is -0.480 e. The number of nitrogens with zero attached hydrogens (tertiary/aromatic N) is 4. The molecule has 1 aliphatic rings. The normalized spacial score (nSPS) is 15.8. The van der Waals surface area contributed by atoms with Gasteiger partial charge in [0.1, 0.15) is 5.82 Å². The molecule has 0 bridgehead atoms. The fourth-order valence-corrected chi connectivity index (χ4v) is 2.28. The molecule has 7 heteroatoms. The lowest BCUT2D eigenvalue weighted by Gasteiger charge is -2.33. The van der Waals surface area contributed by atoms with Crippen molar-refractivity contribution in [1.82, 2.24) is 14.8 Å². The Bertz CT molecular complexity index is 525. The number of rotatable bonds is 4. The van der Waals surface area contributed by atoms with E-state index in [2.05, 4.69) is 4.98 Å². The molecule has 0 radical (unpaired) electrons. The Hall–Kier alpha value is -2.15. The number of aliphatic carboxylic acids is 1. The molecule has 0 saturated carbocycles. The predicted molar refractivity (Wildman–Crippen MR) is 78.5 cm³/mol. The molecule has 0 aromatic carbocycles. The Morgan fingerprint density at radius 3 is 2.52 bits per heavy atom. The summed E-state index contributed by atoms with van der Waals surface area (Å²) in [6.07, 6.45) is 1.63. The third-order valence-corrected chi connectivity index (χ3v) is 3.47. The molecule has 0 aliphatic carbocycles. The van der Waals surface area contributed by atoms with Gasteiger partial charge in [0.15, 0.2) is 0 Å². The van der Waals surface area contributed by atoms with Crippen molar-refractivity contribution in [2.75, 3.05) is 51.7 Å². The summed E-state index contributed by atoms with van der Waals surface area (Å²) in [5.74, 6) is -0.125. The molecule has 1 aliphatic heterocycles. The van der Waals surface area contributed by atoms with Gasteiger partial charge in [-0.2, -0.15) is 0 Å². The van der Waals surface area contributed by atoms with E-state index in [4.69, 9.17) is 5.11 Å². The number of anilines is 1. The van der Waals surface area contributed by atoms with Gasteiger partial charge in [-0.1, -0.05) is 0 Å². The lowest BCUT2D eigenvalue weighted by atomic mass is 10.2. The van der Waals surface area contributed by atoms with Crippen molar-refractivity contribution in [1.29, 1.82) is 0 Å². The highest BCUT2D eigenvalue weighted by Crippen LogP contribution is 2.13. The van der Waals surface area contributed by atoms with E-state index in [1.54, 1.807) is 23.2 Å². The van der Waals surface area contributed by atoms with Crippen LogP contribution in [0.2, 0.25) is 0 Å². The van der Waals surface area contributed by atoms with Crippen LogP contribution in [0.25, 0.3) is 0 Å². The molecular formula is C14H20N4O3. The molecule has 1 aromatic rings. The van der Waals surface area contributed by atoms with Crippen LogP contribution >= 0.6 is 0 Å². The Morgan fingerprint density at radius 2 is 1.95 bits per heavy atom. The van der Waals surface area contributed by atoms with Crippen LogP contribution in [-0.4, -0.2) is 78.6 Å². The van der Waals surface area contributed by atoms with Gasteiger partial charge in [-0.3, -0.25) is 14.5 Å². The first kappa shape index (κ1) is 15.2. The summed E-state index contributed by atoms with van der Waals surface area (Å²) in [4.78, 5) is 32.8. The second-order valence-electron chi connectivity index (χ2n) is 5.26. The highest BCUT2D eigenvalue weighted by atomic mass is 16.4. The lowest BCUT2D eigenvalue weighted by molar-refractivity contribution is -0.138. The van der Waals surface area contributed by atoms with E-state index in [-0.39, 0.29) is 12.5 Å². The Labute approximate surface area is 123 Å². The molecule has 21 heavy (non-hydrogen) atoms. The number of carbonyl (C=O) groups is 2. The number of carboxylic acid groups (broad SMARTS) is 1. The summed E-state index contributed by atoms with van der Waals surface area (Å²) in [5.41, 5.74) is 0.611. The van der Waals surface area contributed by atoms with Gasteiger partial charge in [-0.05, 0) is 12.1 Å². The van der Waals surface area contributed by atoms with Crippen LogP contribution in [0, 0.1) is 0 Å². The number of aromatic nitrogens is 1. The maximum Gasteiger partial charge on any atom is 0.317 e. The van der Waals surface area contributed by atoms with Crippen LogP contribution in [-0.2, 0) is 4.79 Å². The van der Waals surface area contributed by atoms with Gasteiger partial charge in [0.25, 0.3) is 5.91 Å². The molecule has 7 nitrogen and oxygen atoms in total. The molecule has 0 atom stereocenters. The first-order valence-electron chi connectivity index (χ1n) is 6.84. The highest BCUT2D eigenvalue weighted by Gasteiger charge is 2.23. The second-order valence-corrected chi connectivity index (χ2v) is 5.26. The van der Waals surface area contributed by atoms with Crippen LogP contribution in [0.1, 0.15) is 10.4 Å². The fourth-order valence-electron chi connectivity index (χ4n) is 2.28. The second kappa shape index (κ2) is 6.53. The molecule has 114 valence electrons. The number of piperazine rings is 1. The SMILES string of the molecule is CN(C)c1cc(C(=O)N2CCN(CC(=O)O)CC2)ccn1. The van der Waals surface area contributed by atoms with Crippen molar-refractivity contribution in [3.05, 3.63) is 23.9 Å². The number of hydrogen-bond acceptors (Lipinski definition) is 5. The molecule has 0 spiro atoms. The monoisotopic (exact) mass is 292 g/mol. The number of amides is 1. The standard InChI is InChI=1S/C14H20N4O3/c1-16(2)12-9-11(3-4-15-12)14(21)18-7-5-17(6-8-18)10-13(19)20/h3-4,9H,5-8,10H2,1-2H3,(H,19,20). The van der Waals surface area contributed by atoms with Gasteiger partial charge in [-0.15, -0.1) is 0 Å². The predicted octanol–water partition coefficient (Wildman–Crippen LogP) is -0.01000. The van der Waals surface area contributed by atoms with Gasteiger partial charge < -0.3 is 14.9 Å². The van der Waals surface area contributed by atoms with E-state index in [0.29, 0.717) is 31.7 Å². The Morgan fingerprint density at radius 1 is 1.29 bits per heavy atom. The third kappa shape index (κ3) is 3.91. The third-order valence-electron chi connectivity index (χ3n) is 3.47. The van der Waals surface area contributed by atoms with Crippen molar-refractivity contribution < 1.29 is 14.7 Å². The van der Waals surface area contributed by atoms with Crippen LogP contribution in [0.4, 0.5) is 5.82 Å². The van der Waals surface area contributed by atoms with Crippen LogP contribution in [0.5, 0.6) is 0 Å².